The summed E-state index contributed by atoms with van der Waals surface area (Å²) in [4.78, 5) is 15.3. The van der Waals surface area contributed by atoms with E-state index in [2.05, 4.69) is 20.5 Å². The Kier molecular flexibility index (Phi) is 3.27. The number of benzene rings is 1. The molecule has 1 amide bonds. The molecule has 0 fully saturated rings. The van der Waals surface area contributed by atoms with Crippen LogP contribution in [-0.2, 0) is 6.42 Å². The van der Waals surface area contributed by atoms with Gasteiger partial charge in [-0.3, -0.25) is 9.20 Å². The van der Waals surface area contributed by atoms with E-state index in [1.54, 1.807) is 0 Å². The average Bonchev–Trinajstić information content (AvgIpc) is 3.19. The number of carbonyl (C=O) groups excluding carboxylic acids is 1. The van der Waals surface area contributed by atoms with E-state index in [1.807, 2.05) is 59.1 Å². The molecule has 3 aromatic heterocycles. The first-order valence-electron chi connectivity index (χ1n) is 7.46. The van der Waals surface area contributed by atoms with Crippen LogP contribution in [-0.4, -0.2) is 32.0 Å². The maximum absolute atomic E-state index is 12.2. The van der Waals surface area contributed by atoms with E-state index in [4.69, 9.17) is 0 Å². The number of fused-ring (bicyclic) bond motifs is 2. The first kappa shape index (κ1) is 13.5. The molecule has 0 bridgehead atoms. The van der Waals surface area contributed by atoms with Gasteiger partial charge in [0.1, 0.15) is 11.5 Å². The maximum Gasteiger partial charge on any atom is 0.267 e. The van der Waals surface area contributed by atoms with Crippen molar-refractivity contribution in [3.05, 3.63) is 66.2 Å². The summed E-state index contributed by atoms with van der Waals surface area (Å²) >= 11 is 0. The number of aromatic amines is 1. The van der Waals surface area contributed by atoms with Crippen molar-refractivity contribution in [3.8, 4) is 0 Å². The number of para-hydroxylation sites is 1. The Morgan fingerprint density at radius 1 is 1.13 bits per heavy atom. The van der Waals surface area contributed by atoms with E-state index < -0.39 is 0 Å². The van der Waals surface area contributed by atoms with Gasteiger partial charge in [0.15, 0.2) is 5.65 Å². The van der Waals surface area contributed by atoms with Gasteiger partial charge in [0, 0.05) is 30.1 Å². The molecule has 3 heterocycles. The number of hydrogen-bond donors (Lipinski definition) is 2. The molecular weight excluding hydrogens is 290 g/mol. The van der Waals surface area contributed by atoms with E-state index in [0.29, 0.717) is 18.7 Å². The van der Waals surface area contributed by atoms with Gasteiger partial charge < -0.3 is 10.3 Å². The number of rotatable bonds is 4. The first-order chi connectivity index (χ1) is 11.3. The van der Waals surface area contributed by atoms with Crippen LogP contribution in [0.1, 0.15) is 16.3 Å². The number of aromatic nitrogens is 4. The summed E-state index contributed by atoms with van der Waals surface area (Å²) in [5.74, 6) is 0.715. The van der Waals surface area contributed by atoms with E-state index in [0.717, 1.165) is 22.4 Å². The quantitative estimate of drug-likeness (QED) is 0.607. The summed E-state index contributed by atoms with van der Waals surface area (Å²) in [5.41, 5.74) is 2.34. The van der Waals surface area contributed by atoms with Crippen molar-refractivity contribution in [2.75, 3.05) is 6.54 Å². The Bertz CT molecular complexity index is 952. The fourth-order valence-electron chi connectivity index (χ4n) is 2.64. The van der Waals surface area contributed by atoms with Crippen molar-refractivity contribution in [1.29, 1.82) is 0 Å². The molecule has 2 N–H and O–H groups in total. The van der Waals surface area contributed by atoms with Gasteiger partial charge in [0.2, 0.25) is 0 Å². The maximum atomic E-state index is 12.2. The molecule has 114 valence electrons. The van der Waals surface area contributed by atoms with Crippen LogP contribution >= 0.6 is 0 Å². The summed E-state index contributed by atoms with van der Waals surface area (Å²) in [6, 6.07) is 15.4. The lowest BCUT2D eigenvalue weighted by Crippen LogP contribution is -2.26. The summed E-state index contributed by atoms with van der Waals surface area (Å²) < 4.78 is 1.93. The number of nitrogens with one attached hydrogen (secondary N) is 2. The zero-order valence-electron chi connectivity index (χ0n) is 12.4. The minimum absolute atomic E-state index is 0.116. The lowest BCUT2D eigenvalue weighted by Gasteiger charge is -2.03. The van der Waals surface area contributed by atoms with Crippen LogP contribution < -0.4 is 5.32 Å². The van der Waals surface area contributed by atoms with E-state index in [9.17, 15) is 4.79 Å². The number of amides is 1. The zero-order valence-corrected chi connectivity index (χ0v) is 12.4. The molecule has 0 spiro atoms. The standard InChI is InChI=1S/C17H15N5O/c23-17(14-11-12-5-1-2-6-13(12)19-14)18-9-8-16-21-20-15-7-3-4-10-22(15)16/h1-7,10-11,19H,8-9H2,(H,18,23). The smallest absolute Gasteiger partial charge is 0.267 e. The summed E-state index contributed by atoms with van der Waals surface area (Å²) in [6.07, 6.45) is 2.54. The molecular formula is C17H15N5O. The minimum Gasteiger partial charge on any atom is -0.351 e. The molecule has 6 nitrogen and oxygen atoms in total. The lowest BCUT2D eigenvalue weighted by atomic mass is 10.2. The molecule has 0 atom stereocenters. The molecule has 0 aliphatic carbocycles. The van der Waals surface area contributed by atoms with Crippen molar-refractivity contribution in [3.63, 3.8) is 0 Å². The topological polar surface area (TPSA) is 75.1 Å². The van der Waals surface area contributed by atoms with Crippen LogP contribution in [0.3, 0.4) is 0 Å². The molecule has 0 saturated heterocycles. The summed E-state index contributed by atoms with van der Waals surface area (Å²) in [6.45, 7) is 0.504. The third kappa shape index (κ3) is 2.55. The molecule has 1 aromatic carbocycles. The highest BCUT2D eigenvalue weighted by Crippen LogP contribution is 2.14. The Labute approximate surface area is 132 Å². The van der Waals surface area contributed by atoms with Gasteiger partial charge >= 0.3 is 0 Å². The second-order valence-corrected chi connectivity index (χ2v) is 5.32. The molecule has 0 radical (unpaired) electrons. The average molecular weight is 305 g/mol. The first-order valence-corrected chi connectivity index (χ1v) is 7.46. The Balaban J connectivity index is 1.43. The highest BCUT2D eigenvalue weighted by molar-refractivity contribution is 5.97. The normalized spacial score (nSPS) is 11.1. The van der Waals surface area contributed by atoms with Crippen molar-refractivity contribution in [2.45, 2.75) is 6.42 Å². The Hall–Kier alpha value is -3.15. The second-order valence-electron chi connectivity index (χ2n) is 5.32. The van der Waals surface area contributed by atoms with Gasteiger partial charge in [0.05, 0.1) is 0 Å². The van der Waals surface area contributed by atoms with Crippen molar-refractivity contribution in [1.82, 2.24) is 24.9 Å². The summed E-state index contributed by atoms with van der Waals surface area (Å²) in [7, 11) is 0. The Morgan fingerprint density at radius 3 is 2.91 bits per heavy atom. The van der Waals surface area contributed by atoms with Crippen LogP contribution in [0, 0.1) is 0 Å². The Morgan fingerprint density at radius 2 is 2.00 bits per heavy atom. The fourth-order valence-corrected chi connectivity index (χ4v) is 2.64. The number of H-pyrrole nitrogens is 1. The van der Waals surface area contributed by atoms with Gasteiger partial charge in [-0.2, -0.15) is 0 Å². The van der Waals surface area contributed by atoms with Gasteiger partial charge in [-0.15, -0.1) is 10.2 Å². The van der Waals surface area contributed by atoms with Crippen molar-refractivity contribution >= 4 is 22.5 Å². The third-order valence-corrected chi connectivity index (χ3v) is 3.79. The molecule has 0 unspecified atom stereocenters. The van der Waals surface area contributed by atoms with Crippen LogP contribution in [0.25, 0.3) is 16.6 Å². The van der Waals surface area contributed by atoms with Crippen molar-refractivity contribution in [2.24, 2.45) is 0 Å². The molecule has 23 heavy (non-hydrogen) atoms. The van der Waals surface area contributed by atoms with Gasteiger partial charge in [-0.05, 0) is 24.3 Å². The number of pyridine rings is 1. The third-order valence-electron chi connectivity index (χ3n) is 3.79. The molecule has 4 aromatic rings. The highest BCUT2D eigenvalue weighted by Gasteiger charge is 2.10. The van der Waals surface area contributed by atoms with Gasteiger partial charge in [-0.25, -0.2) is 0 Å². The monoisotopic (exact) mass is 305 g/mol. The predicted molar refractivity (Wildman–Crippen MR) is 87.3 cm³/mol. The zero-order chi connectivity index (χ0) is 15.6. The van der Waals surface area contributed by atoms with Gasteiger partial charge in [0.25, 0.3) is 5.91 Å². The fraction of sp³-hybridized carbons (Fsp3) is 0.118. The minimum atomic E-state index is -0.116. The van der Waals surface area contributed by atoms with E-state index >= 15 is 0 Å². The van der Waals surface area contributed by atoms with Gasteiger partial charge in [-0.1, -0.05) is 24.3 Å². The van der Waals surface area contributed by atoms with E-state index in [-0.39, 0.29) is 5.91 Å². The molecule has 0 saturated carbocycles. The summed E-state index contributed by atoms with van der Waals surface area (Å²) in [5, 5.41) is 12.2. The van der Waals surface area contributed by atoms with Crippen LogP contribution in [0.2, 0.25) is 0 Å². The largest absolute Gasteiger partial charge is 0.351 e. The molecule has 4 rings (SSSR count). The number of nitrogens with zero attached hydrogens (tertiary/aromatic N) is 3. The molecule has 0 aliphatic rings. The highest BCUT2D eigenvalue weighted by atomic mass is 16.1. The molecule has 0 aliphatic heterocycles. The SMILES string of the molecule is O=C(NCCc1nnc2ccccn12)c1cc2ccccc2[nH]1. The number of hydrogen-bond acceptors (Lipinski definition) is 3. The predicted octanol–water partition coefficient (Wildman–Crippen LogP) is 2.18. The van der Waals surface area contributed by atoms with Crippen molar-refractivity contribution < 1.29 is 4.79 Å². The number of carbonyl (C=O) groups is 1. The van der Waals surface area contributed by atoms with Crippen LogP contribution in [0.4, 0.5) is 0 Å². The van der Waals surface area contributed by atoms with Crippen LogP contribution in [0.5, 0.6) is 0 Å². The van der Waals surface area contributed by atoms with Crippen LogP contribution in [0.15, 0.2) is 54.7 Å². The lowest BCUT2D eigenvalue weighted by molar-refractivity contribution is 0.0950. The second kappa shape index (κ2) is 5.57. The van der Waals surface area contributed by atoms with E-state index in [1.165, 1.54) is 0 Å². The molecule has 6 heteroatoms.